The van der Waals surface area contributed by atoms with Crippen molar-refractivity contribution in [1.82, 2.24) is 5.32 Å². The monoisotopic (exact) mass is 195 g/mol. The van der Waals surface area contributed by atoms with E-state index in [9.17, 15) is 0 Å². The Bertz CT molecular complexity index is 248. The van der Waals surface area contributed by atoms with E-state index >= 15 is 0 Å². The lowest BCUT2D eigenvalue weighted by Gasteiger charge is -2.04. The van der Waals surface area contributed by atoms with E-state index in [1.54, 1.807) is 0 Å². The minimum Gasteiger partial charge on any atom is -0.313 e. The number of thiol groups is 1. The number of rotatable bonds is 5. The molecule has 0 heterocycles. The first kappa shape index (κ1) is 10.6. The van der Waals surface area contributed by atoms with Crippen LogP contribution in [0.25, 0.3) is 0 Å². The van der Waals surface area contributed by atoms with Crippen LogP contribution in [0, 0.1) is 6.92 Å². The first-order valence-electron chi connectivity index (χ1n) is 4.70. The normalized spacial score (nSPS) is 10.3. The third-order valence-electron chi connectivity index (χ3n) is 1.92. The fourth-order valence-corrected chi connectivity index (χ4v) is 1.42. The average Bonchev–Trinajstić information content (AvgIpc) is 2.13. The zero-order valence-electron chi connectivity index (χ0n) is 8.09. The summed E-state index contributed by atoms with van der Waals surface area (Å²) in [5.74, 6) is 0.959. The molecule has 0 amide bonds. The van der Waals surface area contributed by atoms with Gasteiger partial charge in [-0.3, -0.25) is 0 Å². The van der Waals surface area contributed by atoms with Gasteiger partial charge >= 0.3 is 0 Å². The Morgan fingerprint density at radius 3 is 2.92 bits per heavy atom. The van der Waals surface area contributed by atoms with Crippen molar-refractivity contribution in [1.29, 1.82) is 0 Å². The molecule has 72 valence electrons. The lowest BCUT2D eigenvalue weighted by molar-refractivity contribution is 0.679. The molecular weight excluding hydrogens is 178 g/mol. The van der Waals surface area contributed by atoms with Gasteiger partial charge in [0.25, 0.3) is 0 Å². The maximum atomic E-state index is 4.16. The van der Waals surface area contributed by atoms with Gasteiger partial charge in [0.15, 0.2) is 0 Å². The summed E-state index contributed by atoms with van der Waals surface area (Å²) in [6.45, 7) is 4.14. The molecule has 0 spiro atoms. The quantitative estimate of drug-likeness (QED) is 0.543. The highest BCUT2D eigenvalue weighted by Gasteiger charge is 1.91. The van der Waals surface area contributed by atoms with Gasteiger partial charge in [0.05, 0.1) is 0 Å². The molecule has 0 atom stereocenters. The van der Waals surface area contributed by atoms with Crippen LogP contribution in [0.1, 0.15) is 17.5 Å². The molecule has 0 bridgehead atoms. The van der Waals surface area contributed by atoms with Crippen LogP contribution in [0.3, 0.4) is 0 Å². The highest BCUT2D eigenvalue weighted by molar-refractivity contribution is 7.80. The van der Waals surface area contributed by atoms with Gasteiger partial charge in [0.2, 0.25) is 0 Å². The molecule has 0 unspecified atom stereocenters. The van der Waals surface area contributed by atoms with Crippen LogP contribution >= 0.6 is 12.6 Å². The van der Waals surface area contributed by atoms with Crippen molar-refractivity contribution < 1.29 is 0 Å². The summed E-state index contributed by atoms with van der Waals surface area (Å²) >= 11 is 4.16. The molecule has 1 nitrogen and oxygen atoms in total. The summed E-state index contributed by atoms with van der Waals surface area (Å²) in [4.78, 5) is 0. The number of hydrogen-bond acceptors (Lipinski definition) is 2. The minimum absolute atomic E-state index is 0.959. The number of benzene rings is 1. The molecule has 0 saturated carbocycles. The maximum absolute atomic E-state index is 4.16. The fraction of sp³-hybridized carbons (Fsp3) is 0.455. The van der Waals surface area contributed by atoms with Crippen molar-refractivity contribution in [3.8, 4) is 0 Å². The SMILES string of the molecule is Cc1cccc(CNCCCS)c1. The van der Waals surface area contributed by atoms with E-state index in [1.807, 2.05) is 0 Å². The van der Waals surface area contributed by atoms with Crippen molar-refractivity contribution >= 4 is 12.6 Å². The summed E-state index contributed by atoms with van der Waals surface area (Å²) in [6, 6.07) is 8.59. The van der Waals surface area contributed by atoms with E-state index < -0.39 is 0 Å². The van der Waals surface area contributed by atoms with E-state index in [-0.39, 0.29) is 0 Å². The van der Waals surface area contributed by atoms with E-state index in [2.05, 4.69) is 49.1 Å². The van der Waals surface area contributed by atoms with E-state index in [0.717, 1.165) is 25.3 Å². The molecule has 1 aromatic rings. The molecular formula is C11H17NS. The summed E-state index contributed by atoms with van der Waals surface area (Å²) in [5, 5.41) is 3.38. The van der Waals surface area contributed by atoms with Gasteiger partial charge in [0, 0.05) is 6.54 Å². The Balaban J connectivity index is 2.28. The Morgan fingerprint density at radius 1 is 1.38 bits per heavy atom. The van der Waals surface area contributed by atoms with Crippen molar-refractivity contribution in [2.45, 2.75) is 19.9 Å². The zero-order chi connectivity index (χ0) is 9.52. The predicted molar refractivity (Wildman–Crippen MR) is 61.4 cm³/mol. The zero-order valence-corrected chi connectivity index (χ0v) is 8.98. The summed E-state index contributed by atoms with van der Waals surface area (Å²) in [5.41, 5.74) is 2.69. The van der Waals surface area contributed by atoms with Crippen LogP contribution in [0.2, 0.25) is 0 Å². The maximum Gasteiger partial charge on any atom is 0.0205 e. The van der Waals surface area contributed by atoms with Crippen LogP contribution < -0.4 is 5.32 Å². The molecule has 1 aromatic carbocycles. The van der Waals surface area contributed by atoms with Crippen molar-refractivity contribution in [3.05, 3.63) is 35.4 Å². The smallest absolute Gasteiger partial charge is 0.0205 e. The largest absolute Gasteiger partial charge is 0.313 e. The standard InChI is InChI=1S/C11H17NS/c1-10-4-2-5-11(8-10)9-12-6-3-7-13/h2,4-5,8,12-13H,3,6-7,9H2,1H3. The van der Waals surface area contributed by atoms with Gasteiger partial charge in [-0.15, -0.1) is 0 Å². The molecule has 1 N–H and O–H groups in total. The molecule has 13 heavy (non-hydrogen) atoms. The molecule has 0 fully saturated rings. The summed E-state index contributed by atoms with van der Waals surface area (Å²) in [6.07, 6.45) is 1.13. The van der Waals surface area contributed by atoms with Crippen LogP contribution in [0.4, 0.5) is 0 Å². The van der Waals surface area contributed by atoms with Crippen molar-refractivity contribution in [2.24, 2.45) is 0 Å². The van der Waals surface area contributed by atoms with Crippen LogP contribution in [0.5, 0.6) is 0 Å². The second-order valence-corrected chi connectivity index (χ2v) is 3.69. The Kier molecular flexibility index (Phi) is 4.94. The molecule has 0 aliphatic rings. The van der Waals surface area contributed by atoms with Gasteiger partial charge in [-0.25, -0.2) is 0 Å². The third-order valence-corrected chi connectivity index (χ3v) is 2.24. The molecule has 0 aliphatic heterocycles. The van der Waals surface area contributed by atoms with Crippen molar-refractivity contribution in [3.63, 3.8) is 0 Å². The second-order valence-electron chi connectivity index (χ2n) is 3.24. The number of aryl methyl sites for hydroxylation is 1. The van der Waals surface area contributed by atoms with Gasteiger partial charge in [-0.1, -0.05) is 29.8 Å². The van der Waals surface area contributed by atoms with Gasteiger partial charge in [0.1, 0.15) is 0 Å². The first-order valence-corrected chi connectivity index (χ1v) is 5.33. The van der Waals surface area contributed by atoms with Crippen LogP contribution in [-0.4, -0.2) is 12.3 Å². The van der Waals surface area contributed by atoms with Gasteiger partial charge in [-0.05, 0) is 31.2 Å². The Hall–Kier alpha value is -0.470. The lowest BCUT2D eigenvalue weighted by Crippen LogP contribution is -2.14. The van der Waals surface area contributed by atoms with Crippen LogP contribution in [-0.2, 0) is 6.54 Å². The molecule has 0 aliphatic carbocycles. The lowest BCUT2D eigenvalue weighted by atomic mass is 10.1. The highest BCUT2D eigenvalue weighted by atomic mass is 32.1. The Morgan fingerprint density at radius 2 is 2.23 bits per heavy atom. The van der Waals surface area contributed by atoms with E-state index in [1.165, 1.54) is 11.1 Å². The molecule has 1 rings (SSSR count). The van der Waals surface area contributed by atoms with E-state index in [0.29, 0.717) is 0 Å². The molecule has 2 heteroatoms. The molecule has 0 aromatic heterocycles. The molecule has 0 radical (unpaired) electrons. The van der Waals surface area contributed by atoms with E-state index in [4.69, 9.17) is 0 Å². The van der Waals surface area contributed by atoms with Crippen molar-refractivity contribution in [2.75, 3.05) is 12.3 Å². The summed E-state index contributed by atoms with van der Waals surface area (Å²) < 4.78 is 0. The van der Waals surface area contributed by atoms with Gasteiger partial charge in [-0.2, -0.15) is 12.6 Å². The topological polar surface area (TPSA) is 12.0 Å². The average molecular weight is 195 g/mol. The number of hydrogen-bond donors (Lipinski definition) is 2. The minimum atomic E-state index is 0.959. The second kappa shape index (κ2) is 6.06. The fourth-order valence-electron chi connectivity index (χ4n) is 1.26. The molecule has 0 saturated heterocycles. The number of nitrogens with one attached hydrogen (secondary N) is 1. The van der Waals surface area contributed by atoms with Gasteiger partial charge < -0.3 is 5.32 Å². The van der Waals surface area contributed by atoms with Crippen LogP contribution in [0.15, 0.2) is 24.3 Å². The third kappa shape index (κ3) is 4.34. The Labute approximate surface area is 86.0 Å². The predicted octanol–water partition coefficient (Wildman–Crippen LogP) is 2.40. The highest BCUT2D eigenvalue weighted by Crippen LogP contribution is 2.02. The first-order chi connectivity index (χ1) is 6.33. The summed E-state index contributed by atoms with van der Waals surface area (Å²) in [7, 11) is 0.